The molecular weight excluding hydrogens is 215 g/mol. The normalized spacial score (nSPS) is 12.1. The van der Waals surface area contributed by atoms with Crippen molar-refractivity contribution in [2.45, 2.75) is 38.6 Å². The fraction of sp³-hybridized carbons (Fsp3) is 0.778. The minimum atomic E-state index is -0.962. The van der Waals surface area contributed by atoms with Crippen LogP contribution >= 0.6 is 9.39 Å². The molecule has 6 heteroatoms. The fourth-order valence-corrected chi connectivity index (χ4v) is 1.33. The van der Waals surface area contributed by atoms with E-state index in [0.29, 0.717) is 12.8 Å². The van der Waals surface area contributed by atoms with Crippen molar-refractivity contribution in [2.75, 3.05) is 6.54 Å². The lowest BCUT2D eigenvalue weighted by Crippen LogP contribution is -2.40. The molecule has 3 N–H and O–H groups in total. The second-order valence-corrected chi connectivity index (χ2v) is 3.67. The van der Waals surface area contributed by atoms with Gasteiger partial charge in [0.05, 0.1) is 0 Å². The molecule has 0 aliphatic carbocycles. The minimum absolute atomic E-state index is 0.216. The van der Waals surface area contributed by atoms with Gasteiger partial charge in [0, 0.05) is 6.42 Å². The fourth-order valence-electron chi connectivity index (χ4n) is 1.13. The van der Waals surface area contributed by atoms with E-state index in [4.69, 9.17) is 5.11 Å². The Kier molecular flexibility index (Phi) is 8.24. The Morgan fingerprint density at radius 3 is 2.53 bits per heavy atom. The van der Waals surface area contributed by atoms with Crippen LogP contribution in [0.15, 0.2) is 0 Å². The van der Waals surface area contributed by atoms with Crippen LogP contribution in [0.3, 0.4) is 0 Å². The molecule has 0 aromatic rings. The first kappa shape index (κ1) is 14.3. The van der Waals surface area contributed by atoms with Gasteiger partial charge in [0.15, 0.2) is 0 Å². The quantitative estimate of drug-likeness (QED) is 0.422. The summed E-state index contributed by atoms with van der Waals surface area (Å²) in [7, 11) is 2.39. The topological polar surface area (TPSA) is 78.4 Å². The number of carbonyl (C=O) groups is 2. The highest BCUT2D eigenvalue weighted by Gasteiger charge is 2.18. The van der Waals surface area contributed by atoms with Gasteiger partial charge in [0.2, 0.25) is 5.91 Å². The molecule has 0 aliphatic rings. The molecule has 0 spiro atoms. The molecule has 0 fully saturated rings. The second kappa shape index (κ2) is 8.62. The molecule has 0 heterocycles. The second-order valence-electron chi connectivity index (χ2n) is 3.26. The van der Waals surface area contributed by atoms with Crippen LogP contribution in [-0.4, -0.2) is 29.6 Å². The van der Waals surface area contributed by atoms with Gasteiger partial charge in [0.25, 0.3) is 0 Å². The lowest BCUT2D eigenvalue weighted by molar-refractivity contribution is -0.142. The van der Waals surface area contributed by atoms with Gasteiger partial charge >= 0.3 is 5.97 Å². The highest BCUT2D eigenvalue weighted by molar-refractivity contribution is 7.13. The van der Waals surface area contributed by atoms with E-state index in [0.717, 1.165) is 19.4 Å². The maximum absolute atomic E-state index is 11.0. The number of hydrogen-bond acceptors (Lipinski definition) is 3. The lowest BCUT2D eigenvalue weighted by atomic mass is 10.1. The highest BCUT2D eigenvalue weighted by atomic mass is 31.0. The third-order valence-electron chi connectivity index (χ3n) is 2.02. The number of nitrogens with one attached hydrogen (secondary N) is 2. The Morgan fingerprint density at radius 2 is 2.07 bits per heavy atom. The number of amides is 1. The molecule has 15 heavy (non-hydrogen) atoms. The van der Waals surface area contributed by atoms with E-state index in [1.807, 2.05) is 0 Å². The van der Waals surface area contributed by atoms with Crippen molar-refractivity contribution in [3.05, 3.63) is 0 Å². The first-order valence-corrected chi connectivity index (χ1v) is 5.65. The Hall–Kier alpha value is -0.670. The molecule has 1 amide bonds. The summed E-state index contributed by atoms with van der Waals surface area (Å²) in [5, 5.41) is 14.2. The molecule has 0 bridgehead atoms. The summed E-state index contributed by atoms with van der Waals surface area (Å²) in [6.45, 7) is 2.53. The number of rotatable bonds is 8. The number of carbonyl (C=O) groups excluding carboxylic acids is 1. The van der Waals surface area contributed by atoms with E-state index in [1.54, 1.807) is 6.92 Å². The summed E-state index contributed by atoms with van der Waals surface area (Å²) >= 11 is 0. The molecular formula is C9H19N2O3P. The van der Waals surface area contributed by atoms with Crippen LogP contribution < -0.4 is 10.4 Å². The third kappa shape index (κ3) is 7.28. The standard InChI is InChI=1S/C9H19N2O3P/c1-2-8(12)11-7(9(13)14)5-3-4-6-10-15/h7,10H,2-6,15H2,1H3,(H,11,12)(H,13,14). The summed E-state index contributed by atoms with van der Waals surface area (Å²) in [5.41, 5.74) is 0. The number of aliphatic carboxylic acids is 1. The van der Waals surface area contributed by atoms with Gasteiger partial charge < -0.3 is 15.5 Å². The van der Waals surface area contributed by atoms with Crippen LogP contribution in [0.25, 0.3) is 0 Å². The van der Waals surface area contributed by atoms with Crippen molar-refractivity contribution in [3.8, 4) is 0 Å². The largest absolute Gasteiger partial charge is 0.480 e. The zero-order chi connectivity index (χ0) is 11.7. The van der Waals surface area contributed by atoms with E-state index in [2.05, 4.69) is 19.8 Å². The predicted molar refractivity (Wildman–Crippen MR) is 61.4 cm³/mol. The van der Waals surface area contributed by atoms with Crippen molar-refractivity contribution in [1.82, 2.24) is 10.4 Å². The maximum Gasteiger partial charge on any atom is 0.326 e. The van der Waals surface area contributed by atoms with Gasteiger partial charge in [0.1, 0.15) is 6.04 Å². The van der Waals surface area contributed by atoms with Crippen LogP contribution in [0.2, 0.25) is 0 Å². The first-order valence-electron chi connectivity index (χ1n) is 5.07. The lowest BCUT2D eigenvalue weighted by Gasteiger charge is -2.13. The molecule has 0 aliphatic heterocycles. The Bertz CT molecular complexity index is 212. The Balaban J connectivity index is 3.84. The van der Waals surface area contributed by atoms with E-state index < -0.39 is 12.0 Å². The van der Waals surface area contributed by atoms with Gasteiger partial charge in [-0.05, 0) is 25.8 Å². The molecule has 0 saturated heterocycles. The number of hydrogen-bond donors (Lipinski definition) is 3. The SMILES string of the molecule is CCC(=O)NC(CCCCNP)C(=O)O. The van der Waals surface area contributed by atoms with Gasteiger partial charge in [-0.15, -0.1) is 0 Å². The summed E-state index contributed by atoms with van der Waals surface area (Å²) in [6, 6.07) is -0.748. The van der Waals surface area contributed by atoms with Crippen LogP contribution in [0.1, 0.15) is 32.6 Å². The first-order chi connectivity index (χ1) is 7.11. The van der Waals surface area contributed by atoms with E-state index in [-0.39, 0.29) is 5.91 Å². The number of carboxylic acid groups (broad SMARTS) is 1. The zero-order valence-corrected chi connectivity index (χ0v) is 10.1. The molecule has 2 unspecified atom stereocenters. The van der Waals surface area contributed by atoms with Gasteiger partial charge in [-0.3, -0.25) is 4.79 Å². The van der Waals surface area contributed by atoms with Crippen molar-refractivity contribution in [2.24, 2.45) is 0 Å². The van der Waals surface area contributed by atoms with Gasteiger partial charge in [-0.25, -0.2) is 4.79 Å². The zero-order valence-electron chi connectivity index (χ0n) is 8.95. The van der Waals surface area contributed by atoms with E-state index in [1.165, 1.54) is 0 Å². The molecule has 2 atom stereocenters. The summed E-state index contributed by atoms with van der Waals surface area (Å²) in [5.74, 6) is -1.18. The highest BCUT2D eigenvalue weighted by Crippen LogP contribution is 2.01. The minimum Gasteiger partial charge on any atom is -0.480 e. The predicted octanol–water partition coefficient (Wildman–Crippen LogP) is 0.516. The van der Waals surface area contributed by atoms with Crippen molar-refractivity contribution in [3.63, 3.8) is 0 Å². The summed E-state index contributed by atoms with van der Waals surface area (Å²) < 4.78 is 0. The van der Waals surface area contributed by atoms with Crippen molar-refractivity contribution < 1.29 is 14.7 Å². The average molecular weight is 234 g/mol. The van der Waals surface area contributed by atoms with Crippen LogP contribution in [0.4, 0.5) is 0 Å². The molecule has 0 aromatic carbocycles. The van der Waals surface area contributed by atoms with E-state index in [9.17, 15) is 9.59 Å². The Morgan fingerprint density at radius 1 is 1.40 bits per heavy atom. The maximum atomic E-state index is 11.0. The van der Waals surface area contributed by atoms with Crippen LogP contribution in [0, 0.1) is 0 Å². The molecule has 0 saturated carbocycles. The summed E-state index contributed by atoms with van der Waals surface area (Å²) in [6.07, 6.45) is 2.47. The van der Waals surface area contributed by atoms with Gasteiger partial charge in [-0.2, -0.15) is 0 Å². The molecule has 5 nitrogen and oxygen atoms in total. The summed E-state index contributed by atoms with van der Waals surface area (Å²) in [4.78, 5) is 21.8. The monoisotopic (exact) mass is 234 g/mol. The molecule has 0 aromatic heterocycles. The third-order valence-corrected chi connectivity index (χ3v) is 2.31. The molecule has 88 valence electrons. The van der Waals surface area contributed by atoms with Crippen molar-refractivity contribution in [1.29, 1.82) is 0 Å². The van der Waals surface area contributed by atoms with E-state index >= 15 is 0 Å². The molecule has 0 rings (SSSR count). The van der Waals surface area contributed by atoms with Gasteiger partial charge in [-0.1, -0.05) is 16.3 Å². The smallest absolute Gasteiger partial charge is 0.326 e. The Labute approximate surface area is 92.3 Å². The average Bonchev–Trinajstić information content (AvgIpc) is 2.21. The number of unbranched alkanes of at least 4 members (excludes halogenated alkanes) is 1. The number of carboxylic acids is 1. The van der Waals surface area contributed by atoms with Crippen LogP contribution in [0.5, 0.6) is 0 Å². The van der Waals surface area contributed by atoms with Crippen LogP contribution in [-0.2, 0) is 9.59 Å². The molecule has 0 radical (unpaired) electrons. The van der Waals surface area contributed by atoms with Crippen molar-refractivity contribution >= 4 is 21.3 Å².